The highest BCUT2D eigenvalue weighted by Gasteiger charge is 2.06. The fourth-order valence-electron chi connectivity index (χ4n) is 2.18. The van der Waals surface area contributed by atoms with Gasteiger partial charge in [0.05, 0.1) is 17.8 Å². The van der Waals surface area contributed by atoms with Crippen LogP contribution in [0.25, 0.3) is 10.9 Å². The first-order valence-electron chi connectivity index (χ1n) is 6.88. The molecule has 0 saturated carbocycles. The van der Waals surface area contributed by atoms with Gasteiger partial charge in [0.2, 0.25) is 0 Å². The molecule has 1 aromatic heterocycles. The third-order valence-corrected chi connectivity index (χ3v) is 3.29. The first-order valence-corrected chi connectivity index (χ1v) is 6.88. The standard InChI is InChI=1S/C17H15N3O2/c21-11-12-5-7-13(8-6-12)19-17(22)20-16-9-10-18-15-4-2-1-3-14(15)16/h1-10,21H,11H2,(H2,18,19,20,22). The SMILES string of the molecule is O=C(Nc1ccc(CO)cc1)Nc1ccnc2ccccc12. The maximum absolute atomic E-state index is 12.1. The van der Waals surface area contributed by atoms with E-state index in [1.54, 1.807) is 36.5 Å². The van der Waals surface area contributed by atoms with E-state index in [0.717, 1.165) is 16.5 Å². The van der Waals surface area contributed by atoms with Crippen molar-refractivity contribution in [3.63, 3.8) is 0 Å². The van der Waals surface area contributed by atoms with Gasteiger partial charge in [0, 0.05) is 17.3 Å². The molecule has 1 heterocycles. The van der Waals surface area contributed by atoms with E-state index in [2.05, 4.69) is 15.6 Å². The average molecular weight is 293 g/mol. The number of aromatic nitrogens is 1. The van der Waals surface area contributed by atoms with Crippen LogP contribution in [-0.2, 0) is 6.61 Å². The van der Waals surface area contributed by atoms with Gasteiger partial charge in [-0.2, -0.15) is 0 Å². The van der Waals surface area contributed by atoms with Crippen LogP contribution < -0.4 is 10.6 Å². The second kappa shape index (κ2) is 6.24. The molecule has 3 rings (SSSR count). The van der Waals surface area contributed by atoms with E-state index in [1.165, 1.54) is 0 Å². The van der Waals surface area contributed by atoms with Gasteiger partial charge in [-0.15, -0.1) is 0 Å². The number of hydrogen-bond donors (Lipinski definition) is 3. The predicted octanol–water partition coefficient (Wildman–Crippen LogP) is 3.37. The van der Waals surface area contributed by atoms with Crippen molar-refractivity contribution in [2.24, 2.45) is 0 Å². The highest BCUT2D eigenvalue weighted by Crippen LogP contribution is 2.21. The number of hydrogen-bond acceptors (Lipinski definition) is 3. The van der Waals surface area contributed by atoms with E-state index >= 15 is 0 Å². The van der Waals surface area contributed by atoms with Crippen LogP contribution in [0, 0.1) is 0 Å². The Morgan fingerprint density at radius 3 is 2.55 bits per heavy atom. The maximum atomic E-state index is 12.1. The van der Waals surface area contributed by atoms with E-state index in [0.29, 0.717) is 11.4 Å². The minimum Gasteiger partial charge on any atom is -0.392 e. The third-order valence-electron chi connectivity index (χ3n) is 3.29. The number of fused-ring (bicyclic) bond motifs is 1. The molecule has 110 valence electrons. The number of para-hydroxylation sites is 1. The average Bonchev–Trinajstić information content (AvgIpc) is 2.56. The fourth-order valence-corrected chi connectivity index (χ4v) is 2.18. The minimum absolute atomic E-state index is 0.0184. The molecule has 0 spiro atoms. The van der Waals surface area contributed by atoms with Gasteiger partial charge in [0.25, 0.3) is 0 Å². The number of urea groups is 1. The fraction of sp³-hybridized carbons (Fsp3) is 0.0588. The summed E-state index contributed by atoms with van der Waals surface area (Å²) in [6.07, 6.45) is 1.66. The lowest BCUT2D eigenvalue weighted by molar-refractivity contribution is 0.262. The van der Waals surface area contributed by atoms with Crippen LogP contribution in [0.1, 0.15) is 5.56 Å². The number of aliphatic hydroxyl groups is 1. The van der Waals surface area contributed by atoms with Crippen molar-refractivity contribution in [3.05, 3.63) is 66.4 Å². The zero-order valence-electron chi connectivity index (χ0n) is 11.8. The van der Waals surface area contributed by atoms with Crippen LogP contribution in [0.15, 0.2) is 60.8 Å². The number of amides is 2. The molecule has 5 nitrogen and oxygen atoms in total. The van der Waals surface area contributed by atoms with Gasteiger partial charge in [0.1, 0.15) is 0 Å². The molecule has 0 aliphatic carbocycles. The molecule has 0 bridgehead atoms. The summed E-state index contributed by atoms with van der Waals surface area (Å²) in [5, 5.41) is 15.5. The van der Waals surface area contributed by atoms with Crippen molar-refractivity contribution in [2.75, 3.05) is 10.6 Å². The minimum atomic E-state index is -0.326. The van der Waals surface area contributed by atoms with Gasteiger partial charge in [0.15, 0.2) is 0 Å². The van der Waals surface area contributed by atoms with Crippen molar-refractivity contribution in [1.29, 1.82) is 0 Å². The molecule has 0 aliphatic rings. The Morgan fingerprint density at radius 1 is 1.00 bits per heavy atom. The van der Waals surface area contributed by atoms with Crippen molar-refractivity contribution in [1.82, 2.24) is 4.98 Å². The molecule has 2 aromatic carbocycles. The number of anilines is 2. The van der Waals surface area contributed by atoms with Crippen LogP contribution in [0.2, 0.25) is 0 Å². The molecule has 22 heavy (non-hydrogen) atoms. The van der Waals surface area contributed by atoms with E-state index in [1.807, 2.05) is 24.3 Å². The third kappa shape index (κ3) is 3.05. The Morgan fingerprint density at radius 2 is 1.77 bits per heavy atom. The van der Waals surface area contributed by atoms with E-state index in [9.17, 15) is 4.79 Å². The van der Waals surface area contributed by atoms with Gasteiger partial charge in [-0.3, -0.25) is 4.98 Å². The normalized spacial score (nSPS) is 10.4. The number of nitrogens with one attached hydrogen (secondary N) is 2. The lowest BCUT2D eigenvalue weighted by Gasteiger charge is -2.10. The smallest absolute Gasteiger partial charge is 0.323 e. The van der Waals surface area contributed by atoms with E-state index in [-0.39, 0.29) is 12.6 Å². The second-order valence-corrected chi connectivity index (χ2v) is 4.81. The molecule has 0 saturated heterocycles. The summed E-state index contributed by atoms with van der Waals surface area (Å²) < 4.78 is 0. The van der Waals surface area contributed by atoms with Gasteiger partial charge >= 0.3 is 6.03 Å². The van der Waals surface area contributed by atoms with Crippen LogP contribution in [0.3, 0.4) is 0 Å². The highest BCUT2D eigenvalue weighted by molar-refractivity contribution is 6.05. The number of carbonyl (C=O) groups is 1. The number of benzene rings is 2. The summed E-state index contributed by atoms with van der Waals surface area (Å²) in [6, 6.07) is 16.1. The van der Waals surface area contributed by atoms with Gasteiger partial charge < -0.3 is 15.7 Å². The van der Waals surface area contributed by atoms with Crippen molar-refractivity contribution < 1.29 is 9.90 Å². The monoisotopic (exact) mass is 293 g/mol. The Balaban J connectivity index is 1.75. The van der Waals surface area contributed by atoms with Crippen LogP contribution in [0.4, 0.5) is 16.2 Å². The largest absolute Gasteiger partial charge is 0.392 e. The lowest BCUT2D eigenvalue weighted by Crippen LogP contribution is -2.19. The van der Waals surface area contributed by atoms with E-state index in [4.69, 9.17) is 5.11 Å². The Kier molecular flexibility index (Phi) is 3.98. The Bertz CT molecular complexity index is 795. The number of nitrogens with zero attached hydrogens (tertiary/aromatic N) is 1. The first-order chi connectivity index (χ1) is 10.8. The van der Waals surface area contributed by atoms with Crippen molar-refractivity contribution in [2.45, 2.75) is 6.61 Å². The van der Waals surface area contributed by atoms with Crippen LogP contribution in [0.5, 0.6) is 0 Å². The summed E-state index contributed by atoms with van der Waals surface area (Å²) >= 11 is 0. The quantitative estimate of drug-likeness (QED) is 0.693. The Labute approximate surface area is 127 Å². The zero-order valence-corrected chi connectivity index (χ0v) is 11.8. The predicted molar refractivity (Wildman–Crippen MR) is 86.7 cm³/mol. The molecular formula is C17H15N3O2. The molecule has 0 atom stereocenters. The number of pyridine rings is 1. The molecule has 0 fully saturated rings. The number of carbonyl (C=O) groups excluding carboxylic acids is 1. The van der Waals surface area contributed by atoms with E-state index < -0.39 is 0 Å². The molecule has 5 heteroatoms. The topological polar surface area (TPSA) is 74.2 Å². The Hall–Kier alpha value is -2.92. The second-order valence-electron chi connectivity index (χ2n) is 4.81. The van der Waals surface area contributed by atoms with Gasteiger partial charge in [-0.25, -0.2) is 4.79 Å². The summed E-state index contributed by atoms with van der Waals surface area (Å²) in [6.45, 7) is -0.0184. The van der Waals surface area contributed by atoms with Crippen molar-refractivity contribution >= 4 is 28.3 Å². The van der Waals surface area contributed by atoms with Crippen LogP contribution in [-0.4, -0.2) is 16.1 Å². The zero-order chi connectivity index (χ0) is 15.4. The van der Waals surface area contributed by atoms with Crippen molar-refractivity contribution in [3.8, 4) is 0 Å². The summed E-state index contributed by atoms with van der Waals surface area (Å²) in [7, 11) is 0. The molecule has 0 radical (unpaired) electrons. The molecular weight excluding hydrogens is 278 g/mol. The van der Waals surface area contributed by atoms with Crippen LogP contribution >= 0.6 is 0 Å². The molecule has 3 aromatic rings. The number of aliphatic hydroxyl groups excluding tert-OH is 1. The summed E-state index contributed by atoms with van der Waals surface area (Å²) in [4.78, 5) is 16.3. The summed E-state index contributed by atoms with van der Waals surface area (Å²) in [5.74, 6) is 0. The maximum Gasteiger partial charge on any atom is 0.323 e. The highest BCUT2D eigenvalue weighted by atomic mass is 16.3. The van der Waals surface area contributed by atoms with Gasteiger partial charge in [-0.1, -0.05) is 30.3 Å². The molecule has 3 N–H and O–H groups in total. The first kappa shape index (κ1) is 14.0. The molecule has 0 aliphatic heterocycles. The number of rotatable bonds is 3. The molecule has 0 unspecified atom stereocenters. The lowest BCUT2D eigenvalue weighted by atomic mass is 10.2. The van der Waals surface area contributed by atoms with Gasteiger partial charge in [-0.05, 0) is 29.8 Å². The molecule has 2 amide bonds. The summed E-state index contributed by atoms with van der Waals surface area (Å²) in [5.41, 5.74) is 2.99.